The Labute approximate surface area is 169 Å². The Morgan fingerprint density at radius 1 is 1.04 bits per heavy atom. The van der Waals surface area contributed by atoms with Gasteiger partial charge in [0.25, 0.3) is 0 Å². The minimum absolute atomic E-state index is 0.143. The lowest BCUT2D eigenvalue weighted by molar-refractivity contribution is -0.138. The van der Waals surface area contributed by atoms with Gasteiger partial charge in [0, 0.05) is 12.2 Å². The largest absolute Gasteiger partial charge is 0.481 e. The first-order valence-electron chi connectivity index (χ1n) is 10.3. The maximum absolute atomic E-state index is 12.3. The van der Waals surface area contributed by atoms with Gasteiger partial charge in [0.15, 0.2) is 0 Å². The number of anilines is 1. The molecular weight excluding hydrogens is 354 g/mol. The molecule has 1 rings (SSSR count). The molecular formula is C22H37N3O3. The highest BCUT2D eigenvalue weighted by molar-refractivity contribution is 5.90. The van der Waals surface area contributed by atoms with E-state index in [-0.39, 0.29) is 6.42 Å². The summed E-state index contributed by atoms with van der Waals surface area (Å²) in [4.78, 5) is 25.3. The summed E-state index contributed by atoms with van der Waals surface area (Å²) in [6.45, 7) is 4.40. The fourth-order valence-electron chi connectivity index (χ4n) is 3.47. The van der Waals surface area contributed by atoms with Crippen LogP contribution in [0.5, 0.6) is 0 Å². The molecule has 0 aromatic heterocycles. The normalized spacial score (nSPS) is 13.2. The highest BCUT2D eigenvalue weighted by Crippen LogP contribution is 2.15. The average Bonchev–Trinajstić information content (AvgIpc) is 2.57. The second kappa shape index (κ2) is 12.4. The van der Waals surface area contributed by atoms with E-state index in [1.807, 2.05) is 43.3 Å². The van der Waals surface area contributed by atoms with Crippen LogP contribution in [0.3, 0.4) is 0 Å². The smallest absolute Gasteiger partial charge is 0.319 e. The van der Waals surface area contributed by atoms with Gasteiger partial charge in [-0.25, -0.2) is 4.79 Å². The molecule has 0 radical (unpaired) electrons. The number of nitrogens with one attached hydrogen (secondary N) is 2. The van der Waals surface area contributed by atoms with E-state index < -0.39 is 17.5 Å². The zero-order valence-corrected chi connectivity index (χ0v) is 17.9. The number of urea groups is 1. The standard InChI is InChI=1S/C22H37N3O3/c1-5-6-7-8-9-10-11-18-12-14-19(15-13-18)23-21(28)24-22(2,16-20(26)27)17-25(3)4/h12-15H,5-11,16-17H2,1-4H3,(H,26,27)(H2,23,24,28). The van der Waals surface area contributed by atoms with E-state index >= 15 is 0 Å². The monoisotopic (exact) mass is 391 g/mol. The third-order valence-electron chi connectivity index (χ3n) is 4.65. The van der Waals surface area contributed by atoms with Crippen molar-refractivity contribution in [2.45, 2.75) is 70.8 Å². The molecule has 0 saturated heterocycles. The van der Waals surface area contributed by atoms with Gasteiger partial charge in [-0.2, -0.15) is 0 Å². The molecule has 0 heterocycles. The summed E-state index contributed by atoms with van der Waals surface area (Å²) in [5.74, 6) is -0.941. The quantitative estimate of drug-likeness (QED) is 0.432. The number of likely N-dealkylation sites (N-methyl/N-ethyl adjacent to an activating group) is 1. The number of unbranched alkanes of at least 4 members (excludes halogenated alkanes) is 5. The molecule has 0 aliphatic carbocycles. The number of carboxylic acid groups (broad SMARTS) is 1. The van der Waals surface area contributed by atoms with Gasteiger partial charge in [-0.05, 0) is 51.6 Å². The Hall–Kier alpha value is -2.08. The van der Waals surface area contributed by atoms with Gasteiger partial charge in [0.1, 0.15) is 0 Å². The lowest BCUT2D eigenvalue weighted by atomic mass is 9.97. The molecule has 28 heavy (non-hydrogen) atoms. The molecule has 1 aromatic carbocycles. The summed E-state index contributed by atoms with van der Waals surface area (Å²) in [5, 5.41) is 14.7. The zero-order chi connectivity index (χ0) is 21.0. The molecule has 0 aliphatic rings. The van der Waals surface area contributed by atoms with E-state index in [9.17, 15) is 9.59 Å². The molecule has 0 saturated carbocycles. The Morgan fingerprint density at radius 2 is 1.64 bits per heavy atom. The highest BCUT2D eigenvalue weighted by Gasteiger charge is 2.30. The number of carboxylic acids is 1. The van der Waals surface area contributed by atoms with Gasteiger partial charge in [-0.15, -0.1) is 0 Å². The second-order valence-corrected chi connectivity index (χ2v) is 8.16. The summed E-state index contributed by atoms with van der Waals surface area (Å²) >= 11 is 0. The average molecular weight is 392 g/mol. The second-order valence-electron chi connectivity index (χ2n) is 8.16. The van der Waals surface area contributed by atoms with Crippen LogP contribution in [0.2, 0.25) is 0 Å². The number of hydrogen-bond donors (Lipinski definition) is 3. The van der Waals surface area contributed by atoms with Crippen LogP contribution in [-0.2, 0) is 11.2 Å². The lowest BCUT2D eigenvalue weighted by Gasteiger charge is -2.32. The van der Waals surface area contributed by atoms with Crippen molar-refractivity contribution < 1.29 is 14.7 Å². The molecule has 6 heteroatoms. The van der Waals surface area contributed by atoms with Crippen molar-refractivity contribution in [1.29, 1.82) is 0 Å². The van der Waals surface area contributed by atoms with Gasteiger partial charge < -0.3 is 20.6 Å². The Balaban J connectivity index is 2.49. The summed E-state index contributed by atoms with van der Waals surface area (Å²) in [6.07, 6.45) is 8.58. The first-order chi connectivity index (χ1) is 13.2. The van der Waals surface area contributed by atoms with E-state index in [1.165, 1.54) is 44.1 Å². The maximum Gasteiger partial charge on any atom is 0.319 e. The third kappa shape index (κ3) is 10.3. The fourth-order valence-corrected chi connectivity index (χ4v) is 3.47. The van der Waals surface area contributed by atoms with Crippen LogP contribution in [0.4, 0.5) is 10.5 Å². The van der Waals surface area contributed by atoms with Crippen molar-refractivity contribution in [3.63, 3.8) is 0 Å². The molecule has 158 valence electrons. The molecule has 0 aliphatic heterocycles. The summed E-state index contributed by atoms with van der Waals surface area (Å²) < 4.78 is 0. The molecule has 3 N–H and O–H groups in total. The van der Waals surface area contributed by atoms with E-state index in [0.717, 1.165) is 6.42 Å². The predicted molar refractivity (Wildman–Crippen MR) is 115 cm³/mol. The van der Waals surface area contributed by atoms with E-state index in [2.05, 4.69) is 17.6 Å². The van der Waals surface area contributed by atoms with Crippen LogP contribution in [-0.4, -0.2) is 48.2 Å². The van der Waals surface area contributed by atoms with Crippen LogP contribution in [0.1, 0.15) is 64.4 Å². The Morgan fingerprint density at radius 3 is 2.21 bits per heavy atom. The van der Waals surface area contributed by atoms with E-state index in [4.69, 9.17) is 5.11 Å². The van der Waals surface area contributed by atoms with Crippen molar-refractivity contribution in [3.8, 4) is 0 Å². The summed E-state index contributed by atoms with van der Waals surface area (Å²) in [6, 6.07) is 7.48. The Bertz CT molecular complexity index is 602. The summed E-state index contributed by atoms with van der Waals surface area (Å²) in [5.41, 5.74) is 1.12. The van der Waals surface area contributed by atoms with Gasteiger partial charge in [-0.1, -0.05) is 51.2 Å². The predicted octanol–water partition coefficient (Wildman–Crippen LogP) is 4.51. The molecule has 1 unspecified atom stereocenters. The van der Waals surface area contributed by atoms with Crippen molar-refractivity contribution in [2.75, 3.05) is 26.0 Å². The zero-order valence-electron chi connectivity index (χ0n) is 17.9. The van der Waals surface area contributed by atoms with Gasteiger partial charge in [0.05, 0.1) is 12.0 Å². The van der Waals surface area contributed by atoms with Gasteiger partial charge in [0.2, 0.25) is 0 Å². The number of aryl methyl sites for hydroxylation is 1. The molecule has 1 aromatic rings. The minimum Gasteiger partial charge on any atom is -0.481 e. The van der Waals surface area contributed by atoms with Crippen molar-refractivity contribution in [2.24, 2.45) is 0 Å². The molecule has 2 amide bonds. The summed E-state index contributed by atoms with van der Waals surface area (Å²) in [7, 11) is 3.70. The number of hydrogen-bond acceptors (Lipinski definition) is 3. The van der Waals surface area contributed by atoms with Crippen molar-refractivity contribution in [3.05, 3.63) is 29.8 Å². The first kappa shape index (κ1) is 24.0. The van der Waals surface area contributed by atoms with Crippen LogP contribution in [0, 0.1) is 0 Å². The SMILES string of the molecule is CCCCCCCCc1ccc(NC(=O)NC(C)(CC(=O)O)CN(C)C)cc1. The first-order valence-corrected chi connectivity index (χ1v) is 10.3. The van der Waals surface area contributed by atoms with E-state index in [1.54, 1.807) is 6.92 Å². The number of benzene rings is 1. The molecule has 0 spiro atoms. The number of amides is 2. The number of nitrogens with zero attached hydrogens (tertiary/aromatic N) is 1. The van der Waals surface area contributed by atoms with Crippen LogP contribution in [0.25, 0.3) is 0 Å². The minimum atomic E-state index is -0.941. The highest BCUT2D eigenvalue weighted by atomic mass is 16.4. The van der Waals surface area contributed by atoms with Crippen molar-refractivity contribution >= 4 is 17.7 Å². The third-order valence-corrected chi connectivity index (χ3v) is 4.65. The number of rotatable bonds is 13. The topological polar surface area (TPSA) is 81.7 Å². The van der Waals surface area contributed by atoms with Gasteiger partial charge in [-0.3, -0.25) is 4.79 Å². The lowest BCUT2D eigenvalue weighted by Crippen LogP contribution is -2.54. The van der Waals surface area contributed by atoms with Gasteiger partial charge >= 0.3 is 12.0 Å². The van der Waals surface area contributed by atoms with Crippen molar-refractivity contribution in [1.82, 2.24) is 10.2 Å². The van der Waals surface area contributed by atoms with E-state index in [0.29, 0.717) is 12.2 Å². The van der Waals surface area contributed by atoms with Crippen LogP contribution < -0.4 is 10.6 Å². The Kier molecular flexibility index (Phi) is 10.6. The molecule has 0 bridgehead atoms. The number of aliphatic carboxylic acids is 1. The molecule has 6 nitrogen and oxygen atoms in total. The number of carbonyl (C=O) groups excluding carboxylic acids is 1. The maximum atomic E-state index is 12.3. The fraction of sp³-hybridized carbons (Fsp3) is 0.636. The molecule has 1 atom stereocenters. The van der Waals surface area contributed by atoms with Crippen LogP contribution in [0.15, 0.2) is 24.3 Å². The molecule has 0 fully saturated rings. The number of carbonyl (C=O) groups is 2. The van der Waals surface area contributed by atoms with Crippen LogP contribution >= 0.6 is 0 Å².